The van der Waals surface area contributed by atoms with E-state index >= 15 is 0 Å². The minimum atomic E-state index is -4.26. The highest BCUT2D eigenvalue weighted by Crippen LogP contribution is 2.23. The number of aromatic nitrogens is 2. The molecule has 1 aliphatic rings. The van der Waals surface area contributed by atoms with Crippen molar-refractivity contribution in [2.75, 3.05) is 11.9 Å². The van der Waals surface area contributed by atoms with E-state index in [9.17, 15) is 23.1 Å². The number of anilines is 1. The van der Waals surface area contributed by atoms with Crippen LogP contribution in [-0.2, 0) is 24.4 Å². The molecule has 2 aromatic rings. The molecule has 37 heavy (non-hydrogen) atoms. The number of H-pyrrole nitrogens is 1. The van der Waals surface area contributed by atoms with Crippen LogP contribution >= 0.6 is 0 Å². The molecule has 1 fully saturated rings. The Balaban J connectivity index is 1.53. The summed E-state index contributed by atoms with van der Waals surface area (Å²) in [6, 6.07) is 3.44. The molecule has 1 saturated heterocycles. The second kappa shape index (κ2) is 11.6. The summed E-state index contributed by atoms with van der Waals surface area (Å²) in [6.07, 6.45) is 3.42. The van der Waals surface area contributed by atoms with Crippen LogP contribution in [0.25, 0.3) is 0 Å². The lowest BCUT2D eigenvalue weighted by atomic mass is 10.0. The minimum absolute atomic E-state index is 0.0114. The average molecular weight is 537 g/mol. The van der Waals surface area contributed by atoms with Crippen LogP contribution in [0.1, 0.15) is 55.0 Å². The predicted octanol–water partition coefficient (Wildman–Crippen LogP) is 1.78. The highest BCUT2D eigenvalue weighted by atomic mass is 32.2. The van der Waals surface area contributed by atoms with Gasteiger partial charge in [-0.1, -0.05) is 17.7 Å². The third kappa shape index (κ3) is 7.51. The van der Waals surface area contributed by atoms with E-state index in [2.05, 4.69) is 30.8 Å². The summed E-state index contributed by atoms with van der Waals surface area (Å²) in [5, 5.41) is 15.3. The van der Waals surface area contributed by atoms with E-state index in [1.807, 2.05) is 20.0 Å². The fourth-order valence-corrected chi connectivity index (χ4v) is 6.28. The third-order valence-corrected chi connectivity index (χ3v) is 7.98. The fraction of sp³-hybridized carbons (Fsp3) is 0.542. The molecule has 1 aromatic carbocycles. The molecule has 204 valence electrons. The van der Waals surface area contributed by atoms with Crippen LogP contribution in [0.4, 0.5) is 5.95 Å². The molecule has 0 bridgehead atoms. The number of sulfonamides is 1. The number of carbonyl (C=O) groups excluding carboxylic acids is 1. The maximum Gasteiger partial charge on any atom is 0.345 e. The van der Waals surface area contributed by atoms with Gasteiger partial charge in [0.2, 0.25) is 21.6 Å². The van der Waals surface area contributed by atoms with Crippen LogP contribution in [0.3, 0.4) is 0 Å². The Kier molecular flexibility index (Phi) is 8.95. The molecular weight excluding hydrogens is 500 g/mol. The zero-order valence-corrected chi connectivity index (χ0v) is 22.6. The first kappa shape index (κ1) is 28.6. The van der Waals surface area contributed by atoms with Crippen molar-refractivity contribution in [3.05, 3.63) is 40.7 Å². The molecule has 0 spiro atoms. The Morgan fingerprint density at radius 1 is 1.22 bits per heavy atom. The van der Waals surface area contributed by atoms with E-state index in [4.69, 9.17) is 4.84 Å². The van der Waals surface area contributed by atoms with Crippen molar-refractivity contribution in [2.24, 2.45) is 0 Å². The number of imidazole rings is 1. The second-order valence-corrected chi connectivity index (χ2v) is 11.4. The number of hydrogen-bond donors (Lipinski definition) is 6. The summed E-state index contributed by atoms with van der Waals surface area (Å²) in [6.45, 7) is 8.84. The van der Waals surface area contributed by atoms with Gasteiger partial charge >= 0.3 is 5.97 Å². The Bertz CT molecular complexity index is 1220. The van der Waals surface area contributed by atoms with Gasteiger partial charge in [-0.3, -0.25) is 9.63 Å². The summed E-state index contributed by atoms with van der Waals surface area (Å²) < 4.78 is 28.4. The molecule has 0 radical (unpaired) electrons. The molecule has 1 aromatic heterocycles. The molecule has 1 amide bonds. The van der Waals surface area contributed by atoms with Gasteiger partial charge in [0.1, 0.15) is 0 Å². The first-order valence-electron chi connectivity index (χ1n) is 12.1. The lowest BCUT2D eigenvalue weighted by Gasteiger charge is -2.28. The smallest absolute Gasteiger partial charge is 0.345 e. The van der Waals surface area contributed by atoms with Crippen molar-refractivity contribution < 1.29 is 28.0 Å². The Morgan fingerprint density at radius 2 is 1.89 bits per heavy atom. The number of aliphatic carboxylic acids is 1. The fourth-order valence-electron chi connectivity index (χ4n) is 4.54. The van der Waals surface area contributed by atoms with E-state index in [0.717, 1.165) is 31.0 Å². The zero-order valence-electron chi connectivity index (χ0n) is 21.8. The molecule has 0 saturated carbocycles. The third-order valence-electron chi connectivity index (χ3n) is 6.12. The number of carboxylic acids is 1. The monoisotopic (exact) mass is 536 g/mol. The number of hydrogen-bond acceptors (Lipinski definition) is 8. The van der Waals surface area contributed by atoms with Crippen LogP contribution in [-0.4, -0.2) is 59.7 Å². The van der Waals surface area contributed by atoms with Crippen molar-refractivity contribution in [1.82, 2.24) is 25.5 Å². The predicted molar refractivity (Wildman–Crippen MR) is 137 cm³/mol. The van der Waals surface area contributed by atoms with Gasteiger partial charge in [-0.15, -0.1) is 0 Å². The largest absolute Gasteiger partial charge is 0.478 e. The summed E-state index contributed by atoms with van der Waals surface area (Å²) in [5.41, 5.74) is 3.42. The summed E-state index contributed by atoms with van der Waals surface area (Å²) in [7, 11) is -4.26. The van der Waals surface area contributed by atoms with Crippen LogP contribution < -0.4 is 20.8 Å². The average Bonchev–Trinajstić information content (AvgIpc) is 3.37. The SMILES string of the molecule is Cc1cc(C)c(S(=O)(=O)NC(C)(NC(=O)CC2CC(CCCNc3nc(C)c[nH]3)NO2)C(=O)O)c(C)c1. The standard InChI is InChI=1S/C24H36N6O6S/c1-14-9-15(2)21(16(3)10-14)37(34,35)30-24(5,22(32)33)28-20(31)12-19-11-18(29-36-19)7-6-8-25-23-26-13-17(4)27-23/h9-10,13,18-19,29-30H,6-8,11-12H2,1-5H3,(H,28,31)(H,32,33)(H2,25,26,27). The highest BCUT2D eigenvalue weighted by molar-refractivity contribution is 7.89. The van der Waals surface area contributed by atoms with Crippen molar-refractivity contribution in [3.63, 3.8) is 0 Å². The summed E-state index contributed by atoms with van der Waals surface area (Å²) in [5.74, 6) is -1.46. The molecule has 13 heteroatoms. The van der Waals surface area contributed by atoms with Gasteiger partial charge < -0.3 is 20.7 Å². The van der Waals surface area contributed by atoms with Crippen molar-refractivity contribution in [2.45, 2.75) is 83.0 Å². The van der Waals surface area contributed by atoms with Gasteiger partial charge in [0, 0.05) is 18.8 Å². The van der Waals surface area contributed by atoms with Gasteiger partial charge in [-0.2, -0.15) is 10.2 Å². The molecule has 3 atom stereocenters. The summed E-state index contributed by atoms with van der Waals surface area (Å²) in [4.78, 5) is 37.5. The molecule has 3 rings (SSSR count). The van der Waals surface area contributed by atoms with Gasteiger partial charge in [-0.25, -0.2) is 18.2 Å². The normalized spacial score (nSPS) is 19.4. The van der Waals surface area contributed by atoms with Crippen LogP contribution in [0.15, 0.2) is 23.2 Å². The van der Waals surface area contributed by atoms with Gasteiger partial charge in [0.15, 0.2) is 5.95 Å². The van der Waals surface area contributed by atoms with Crippen molar-refractivity contribution >= 4 is 27.8 Å². The maximum absolute atomic E-state index is 13.1. The minimum Gasteiger partial charge on any atom is -0.478 e. The van der Waals surface area contributed by atoms with Crippen molar-refractivity contribution in [3.8, 4) is 0 Å². The molecule has 6 N–H and O–H groups in total. The van der Waals surface area contributed by atoms with Crippen LogP contribution in [0.5, 0.6) is 0 Å². The number of amides is 1. The van der Waals surface area contributed by atoms with E-state index in [0.29, 0.717) is 30.0 Å². The molecular formula is C24H36N6O6S. The number of hydroxylamine groups is 1. The first-order chi connectivity index (χ1) is 17.3. The molecule has 3 unspecified atom stereocenters. The number of nitrogens with one attached hydrogen (secondary N) is 5. The molecule has 0 aliphatic carbocycles. The Hall–Kier alpha value is -3.00. The highest BCUT2D eigenvalue weighted by Gasteiger charge is 2.41. The number of rotatable bonds is 12. The lowest BCUT2D eigenvalue weighted by Crippen LogP contribution is -2.63. The van der Waals surface area contributed by atoms with E-state index in [1.54, 1.807) is 26.0 Å². The number of carbonyl (C=O) groups is 2. The number of benzene rings is 1. The van der Waals surface area contributed by atoms with Gasteiger partial charge in [-0.05, 0) is 65.0 Å². The van der Waals surface area contributed by atoms with E-state index < -0.39 is 33.7 Å². The van der Waals surface area contributed by atoms with E-state index in [-0.39, 0.29) is 17.4 Å². The van der Waals surface area contributed by atoms with Gasteiger partial charge in [0.05, 0.1) is 23.1 Å². The van der Waals surface area contributed by atoms with E-state index in [1.165, 1.54) is 0 Å². The number of aromatic amines is 1. The van der Waals surface area contributed by atoms with Gasteiger partial charge in [0.25, 0.3) is 0 Å². The van der Waals surface area contributed by atoms with Crippen LogP contribution in [0.2, 0.25) is 0 Å². The first-order valence-corrected chi connectivity index (χ1v) is 13.6. The molecule has 12 nitrogen and oxygen atoms in total. The van der Waals surface area contributed by atoms with Crippen LogP contribution in [0, 0.1) is 27.7 Å². The summed E-state index contributed by atoms with van der Waals surface area (Å²) >= 11 is 0. The Labute approximate surface area is 217 Å². The number of carboxylic acid groups (broad SMARTS) is 1. The lowest BCUT2D eigenvalue weighted by molar-refractivity contribution is -0.148. The topological polar surface area (TPSA) is 175 Å². The number of aryl methyl sites for hydroxylation is 4. The second-order valence-electron chi connectivity index (χ2n) is 9.77. The maximum atomic E-state index is 13.1. The molecule has 2 heterocycles. The molecule has 1 aliphatic heterocycles. The number of nitrogens with zero attached hydrogens (tertiary/aromatic N) is 1. The Morgan fingerprint density at radius 3 is 2.49 bits per heavy atom. The quantitative estimate of drug-likeness (QED) is 0.174. The van der Waals surface area contributed by atoms with Crippen molar-refractivity contribution in [1.29, 1.82) is 0 Å². The zero-order chi connectivity index (χ0) is 27.4.